The van der Waals surface area contributed by atoms with Crippen LogP contribution in [0.25, 0.3) is 21.9 Å². The van der Waals surface area contributed by atoms with Crippen LogP contribution < -0.4 is 11.1 Å². The topological polar surface area (TPSA) is 85.8 Å². The molecule has 0 aliphatic heterocycles. The van der Waals surface area contributed by atoms with E-state index in [0.29, 0.717) is 22.9 Å². The Morgan fingerprint density at radius 2 is 1.89 bits per heavy atom. The van der Waals surface area contributed by atoms with Gasteiger partial charge in [0.2, 0.25) is 0 Å². The van der Waals surface area contributed by atoms with Gasteiger partial charge in [0.05, 0.1) is 27.9 Å². The largest absolute Gasteiger partial charge is 0.382 e. The highest BCUT2D eigenvalue weighted by Gasteiger charge is 2.12. The standard InChI is InChI=1S/C21H20ClN5O/c22-16-9-3-1-7-14(16)21(28)24-11-5-6-12-27-13-25-18-19(27)15-8-2-4-10-17(15)26-20(18)23/h1-4,7-10,13H,5-6,11-12H2,(H2,23,26)(H,24,28). The first-order chi connectivity index (χ1) is 13.6. The van der Waals surface area contributed by atoms with E-state index in [9.17, 15) is 4.79 Å². The van der Waals surface area contributed by atoms with Gasteiger partial charge in [0.25, 0.3) is 5.91 Å². The summed E-state index contributed by atoms with van der Waals surface area (Å²) in [5, 5.41) is 4.42. The molecule has 4 aromatic rings. The van der Waals surface area contributed by atoms with E-state index in [1.807, 2.05) is 24.3 Å². The molecule has 2 heterocycles. The van der Waals surface area contributed by atoms with Gasteiger partial charge in [-0.15, -0.1) is 0 Å². The number of nitrogens with one attached hydrogen (secondary N) is 1. The van der Waals surface area contributed by atoms with E-state index >= 15 is 0 Å². The summed E-state index contributed by atoms with van der Waals surface area (Å²) in [7, 11) is 0. The molecule has 6 nitrogen and oxygen atoms in total. The van der Waals surface area contributed by atoms with Crippen LogP contribution in [0.2, 0.25) is 5.02 Å². The van der Waals surface area contributed by atoms with Gasteiger partial charge in [-0.3, -0.25) is 4.79 Å². The summed E-state index contributed by atoms with van der Waals surface area (Å²) < 4.78 is 2.10. The fraction of sp³-hybridized carbons (Fsp3) is 0.190. The number of unbranched alkanes of at least 4 members (excludes halogenated alkanes) is 1. The Morgan fingerprint density at radius 1 is 1.11 bits per heavy atom. The second kappa shape index (κ2) is 7.86. The molecule has 0 spiro atoms. The maximum Gasteiger partial charge on any atom is 0.252 e. The number of imidazole rings is 1. The van der Waals surface area contributed by atoms with Gasteiger partial charge in [0, 0.05) is 18.5 Å². The lowest BCUT2D eigenvalue weighted by atomic mass is 10.2. The van der Waals surface area contributed by atoms with E-state index in [1.54, 1.807) is 30.6 Å². The zero-order valence-corrected chi connectivity index (χ0v) is 16.0. The molecule has 2 aromatic heterocycles. The second-order valence-electron chi connectivity index (χ2n) is 6.59. The van der Waals surface area contributed by atoms with Crippen LogP contribution in [-0.2, 0) is 6.54 Å². The van der Waals surface area contributed by atoms with E-state index in [-0.39, 0.29) is 5.91 Å². The van der Waals surface area contributed by atoms with Crippen LogP contribution in [0.1, 0.15) is 23.2 Å². The lowest BCUT2D eigenvalue weighted by molar-refractivity contribution is 0.0953. The number of aryl methyl sites for hydroxylation is 1. The van der Waals surface area contributed by atoms with Crippen LogP contribution in [0, 0.1) is 0 Å². The lowest BCUT2D eigenvalue weighted by Gasteiger charge is -2.09. The van der Waals surface area contributed by atoms with Crippen molar-refractivity contribution in [3.05, 3.63) is 65.4 Å². The Hall–Kier alpha value is -3.12. The summed E-state index contributed by atoms with van der Waals surface area (Å²) in [5.41, 5.74) is 9.16. The molecule has 0 unspecified atom stereocenters. The molecule has 7 heteroatoms. The molecule has 0 saturated heterocycles. The van der Waals surface area contributed by atoms with Crippen LogP contribution in [-0.4, -0.2) is 27.0 Å². The first-order valence-electron chi connectivity index (χ1n) is 9.17. The number of hydrogen-bond donors (Lipinski definition) is 2. The average molecular weight is 394 g/mol. The normalized spacial score (nSPS) is 11.2. The van der Waals surface area contributed by atoms with Gasteiger partial charge in [0.15, 0.2) is 5.82 Å². The predicted octanol–water partition coefficient (Wildman–Crippen LogP) is 4.03. The van der Waals surface area contributed by atoms with Crippen molar-refractivity contribution >= 4 is 45.3 Å². The van der Waals surface area contributed by atoms with Gasteiger partial charge < -0.3 is 15.6 Å². The molecule has 3 N–H and O–H groups in total. The van der Waals surface area contributed by atoms with Crippen molar-refractivity contribution in [1.82, 2.24) is 19.9 Å². The highest BCUT2D eigenvalue weighted by molar-refractivity contribution is 6.33. The molecule has 142 valence electrons. The SMILES string of the molecule is Nc1nc2ccccc2c2c1ncn2CCCCNC(=O)c1ccccc1Cl. The molecule has 0 radical (unpaired) electrons. The summed E-state index contributed by atoms with van der Waals surface area (Å²) in [6, 6.07) is 15.0. The average Bonchev–Trinajstić information content (AvgIpc) is 3.13. The number of amides is 1. The number of carbonyl (C=O) groups is 1. The second-order valence-corrected chi connectivity index (χ2v) is 7.00. The van der Waals surface area contributed by atoms with Gasteiger partial charge in [-0.2, -0.15) is 0 Å². The van der Waals surface area contributed by atoms with E-state index in [1.165, 1.54) is 0 Å². The minimum atomic E-state index is -0.150. The molecule has 0 aliphatic rings. The number of nitrogens with two attached hydrogens (primary N) is 1. The van der Waals surface area contributed by atoms with E-state index in [2.05, 4.69) is 19.9 Å². The number of anilines is 1. The van der Waals surface area contributed by atoms with E-state index < -0.39 is 0 Å². The fourth-order valence-electron chi connectivity index (χ4n) is 3.33. The number of aromatic nitrogens is 3. The van der Waals surface area contributed by atoms with E-state index in [4.69, 9.17) is 17.3 Å². The molecular formula is C21H20ClN5O. The van der Waals surface area contributed by atoms with Crippen molar-refractivity contribution in [3.8, 4) is 0 Å². The smallest absolute Gasteiger partial charge is 0.252 e. The van der Waals surface area contributed by atoms with Crippen LogP contribution in [0.4, 0.5) is 5.82 Å². The molecule has 0 fully saturated rings. The summed E-state index contributed by atoms with van der Waals surface area (Å²) in [6.07, 6.45) is 3.54. The van der Waals surface area contributed by atoms with Crippen LogP contribution in [0.5, 0.6) is 0 Å². The maximum absolute atomic E-state index is 12.2. The minimum Gasteiger partial charge on any atom is -0.382 e. The molecule has 0 aliphatic carbocycles. The molecule has 28 heavy (non-hydrogen) atoms. The number of halogens is 1. The van der Waals surface area contributed by atoms with Gasteiger partial charge in [0.1, 0.15) is 5.52 Å². The Bertz CT molecular complexity index is 1150. The van der Waals surface area contributed by atoms with Crippen LogP contribution in [0.3, 0.4) is 0 Å². The number of fused-ring (bicyclic) bond motifs is 3. The van der Waals surface area contributed by atoms with Crippen molar-refractivity contribution in [1.29, 1.82) is 0 Å². The number of rotatable bonds is 6. The Labute approximate surface area is 167 Å². The third kappa shape index (κ3) is 3.51. The molecule has 0 atom stereocenters. The van der Waals surface area contributed by atoms with Crippen LogP contribution >= 0.6 is 11.6 Å². The number of hydrogen-bond acceptors (Lipinski definition) is 4. The number of benzene rings is 2. The first kappa shape index (κ1) is 18.3. The van der Waals surface area contributed by atoms with Crippen molar-refractivity contribution in [2.45, 2.75) is 19.4 Å². The molecular weight excluding hydrogens is 374 g/mol. The predicted molar refractivity (Wildman–Crippen MR) is 112 cm³/mol. The zero-order chi connectivity index (χ0) is 19.5. The number of para-hydroxylation sites is 1. The van der Waals surface area contributed by atoms with Crippen molar-refractivity contribution in [2.24, 2.45) is 0 Å². The first-order valence-corrected chi connectivity index (χ1v) is 9.55. The summed E-state index contributed by atoms with van der Waals surface area (Å²) >= 11 is 6.06. The zero-order valence-electron chi connectivity index (χ0n) is 15.2. The number of pyridine rings is 1. The third-order valence-corrected chi connectivity index (χ3v) is 5.04. The van der Waals surface area contributed by atoms with Gasteiger partial charge in [-0.25, -0.2) is 9.97 Å². The molecule has 2 aromatic carbocycles. The minimum absolute atomic E-state index is 0.150. The van der Waals surface area contributed by atoms with Gasteiger partial charge >= 0.3 is 0 Å². The Balaban J connectivity index is 1.40. The van der Waals surface area contributed by atoms with Crippen molar-refractivity contribution in [2.75, 3.05) is 12.3 Å². The summed E-state index contributed by atoms with van der Waals surface area (Å²) in [4.78, 5) is 21.0. The Morgan fingerprint density at radius 3 is 2.75 bits per heavy atom. The summed E-state index contributed by atoms with van der Waals surface area (Å²) in [6.45, 7) is 1.37. The molecule has 1 amide bonds. The molecule has 4 rings (SSSR count). The third-order valence-electron chi connectivity index (χ3n) is 4.71. The van der Waals surface area contributed by atoms with Gasteiger partial charge in [-0.05, 0) is 31.0 Å². The number of nitrogen functional groups attached to an aromatic ring is 1. The van der Waals surface area contributed by atoms with Gasteiger partial charge in [-0.1, -0.05) is 41.9 Å². The van der Waals surface area contributed by atoms with Crippen molar-refractivity contribution in [3.63, 3.8) is 0 Å². The summed E-state index contributed by atoms with van der Waals surface area (Å²) in [5.74, 6) is 0.294. The number of carbonyl (C=O) groups excluding carboxylic acids is 1. The lowest BCUT2D eigenvalue weighted by Crippen LogP contribution is -2.24. The fourth-order valence-corrected chi connectivity index (χ4v) is 3.55. The molecule has 0 saturated carbocycles. The van der Waals surface area contributed by atoms with Crippen molar-refractivity contribution < 1.29 is 4.79 Å². The monoisotopic (exact) mass is 393 g/mol. The van der Waals surface area contributed by atoms with Crippen LogP contribution in [0.15, 0.2) is 54.9 Å². The number of nitrogens with zero attached hydrogens (tertiary/aromatic N) is 3. The highest BCUT2D eigenvalue weighted by Crippen LogP contribution is 2.27. The maximum atomic E-state index is 12.2. The quantitative estimate of drug-likeness (QED) is 0.484. The highest BCUT2D eigenvalue weighted by atomic mass is 35.5. The molecule has 0 bridgehead atoms. The Kier molecular flexibility index (Phi) is 5.12. The van der Waals surface area contributed by atoms with E-state index in [0.717, 1.165) is 41.3 Å².